The summed E-state index contributed by atoms with van der Waals surface area (Å²) >= 11 is 7.71. The van der Waals surface area contributed by atoms with Gasteiger partial charge in [-0.2, -0.15) is 0 Å². The Kier molecular flexibility index (Phi) is 3.95. The van der Waals surface area contributed by atoms with Crippen molar-refractivity contribution in [1.82, 2.24) is 9.97 Å². The third-order valence-corrected chi connectivity index (χ3v) is 5.72. The maximum Gasteiger partial charge on any atom is 0.141 e. The molecular weight excluding hydrogens is 326 g/mol. The molecule has 3 aromatic rings. The van der Waals surface area contributed by atoms with Crippen LogP contribution in [0.25, 0.3) is 21.3 Å². The van der Waals surface area contributed by atoms with Crippen LogP contribution in [0.3, 0.4) is 0 Å². The summed E-state index contributed by atoms with van der Waals surface area (Å²) < 4.78 is 0. The van der Waals surface area contributed by atoms with E-state index in [0.29, 0.717) is 6.04 Å². The molecule has 4 rings (SSSR count). The smallest absolute Gasteiger partial charge is 0.141 e. The number of nitrogens with zero attached hydrogens (tertiary/aromatic N) is 3. The zero-order valence-corrected chi connectivity index (χ0v) is 14.6. The van der Waals surface area contributed by atoms with Crippen LogP contribution in [0.4, 0.5) is 5.82 Å². The molecular formula is C18H18ClN3S. The van der Waals surface area contributed by atoms with Crippen molar-refractivity contribution in [3.63, 3.8) is 0 Å². The zero-order chi connectivity index (χ0) is 15.8. The lowest BCUT2D eigenvalue weighted by molar-refractivity contribution is 0.482. The van der Waals surface area contributed by atoms with Crippen molar-refractivity contribution in [1.29, 1.82) is 0 Å². The topological polar surface area (TPSA) is 29.0 Å². The van der Waals surface area contributed by atoms with E-state index in [1.165, 1.54) is 35.8 Å². The fraction of sp³-hybridized carbons (Fsp3) is 0.333. The number of anilines is 1. The van der Waals surface area contributed by atoms with Gasteiger partial charge in [0.2, 0.25) is 0 Å². The molecule has 0 saturated carbocycles. The molecule has 1 fully saturated rings. The minimum atomic E-state index is 0.528. The molecule has 1 atom stereocenters. The molecule has 5 heteroatoms. The van der Waals surface area contributed by atoms with Gasteiger partial charge < -0.3 is 4.90 Å². The molecule has 2 aromatic heterocycles. The number of aromatic nitrogens is 2. The summed E-state index contributed by atoms with van der Waals surface area (Å²) in [5, 5.41) is 4.11. The fourth-order valence-corrected chi connectivity index (χ4v) is 4.37. The molecule has 1 unspecified atom stereocenters. The molecule has 0 radical (unpaired) electrons. The summed E-state index contributed by atoms with van der Waals surface area (Å²) in [5.41, 5.74) is 2.37. The van der Waals surface area contributed by atoms with Gasteiger partial charge in [-0.05, 0) is 43.9 Å². The second kappa shape index (κ2) is 6.10. The summed E-state index contributed by atoms with van der Waals surface area (Å²) in [6.07, 6.45) is 5.46. The number of piperidine rings is 1. The number of halogens is 1. The van der Waals surface area contributed by atoms with Crippen molar-refractivity contribution in [3.05, 3.63) is 41.0 Å². The third-order valence-electron chi connectivity index (χ3n) is 4.58. The van der Waals surface area contributed by atoms with Crippen LogP contribution in [0.15, 0.2) is 36.0 Å². The Hall–Kier alpha value is -1.65. The highest BCUT2D eigenvalue weighted by Crippen LogP contribution is 2.39. The molecule has 1 aliphatic rings. The Bertz CT molecular complexity index is 828. The minimum Gasteiger partial charge on any atom is -0.353 e. The molecule has 0 spiro atoms. The number of hydrogen-bond acceptors (Lipinski definition) is 4. The summed E-state index contributed by atoms with van der Waals surface area (Å²) in [7, 11) is 0. The van der Waals surface area contributed by atoms with E-state index in [-0.39, 0.29) is 0 Å². The minimum absolute atomic E-state index is 0.528. The standard InChI is InChI=1S/C18H18ClN3S/c1-12-4-2-3-9-22(12)17-16-15(10-23-18(16)21-11-20-17)13-5-7-14(19)8-6-13/h5-8,10-12H,2-4,9H2,1H3. The first-order valence-electron chi connectivity index (χ1n) is 7.99. The van der Waals surface area contributed by atoms with E-state index in [4.69, 9.17) is 11.6 Å². The maximum atomic E-state index is 6.03. The first-order chi connectivity index (χ1) is 11.2. The summed E-state index contributed by atoms with van der Waals surface area (Å²) in [6.45, 7) is 3.37. The number of benzene rings is 1. The molecule has 3 heterocycles. The van der Waals surface area contributed by atoms with Crippen LogP contribution in [0.1, 0.15) is 26.2 Å². The van der Waals surface area contributed by atoms with Gasteiger partial charge in [-0.1, -0.05) is 23.7 Å². The Morgan fingerprint density at radius 1 is 1.17 bits per heavy atom. The van der Waals surface area contributed by atoms with E-state index in [2.05, 4.69) is 39.3 Å². The largest absolute Gasteiger partial charge is 0.353 e. The van der Waals surface area contributed by atoms with Crippen molar-refractivity contribution in [2.24, 2.45) is 0 Å². The third kappa shape index (κ3) is 2.70. The van der Waals surface area contributed by atoms with Crippen molar-refractivity contribution < 1.29 is 0 Å². The van der Waals surface area contributed by atoms with Crippen molar-refractivity contribution in [3.8, 4) is 11.1 Å². The first-order valence-corrected chi connectivity index (χ1v) is 9.24. The van der Waals surface area contributed by atoms with Crippen molar-refractivity contribution >= 4 is 39.0 Å². The predicted molar refractivity (Wildman–Crippen MR) is 98.5 cm³/mol. The normalized spacial score (nSPS) is 18.5. The highest BCUT2D eigenvalue weighted by Gasteiger charge is 2.23. The van der Waals surface area contributed by atoms with E-state index >= 15 is 0 Å². The van der Waals surface area contributed by atoms with E-state index in [1.807, 2.05) is 12.1 Å². The Morgan fingerprint density at radius 3 is 2.78 bits per heavy atom. The first kappa shape index (κ1) is 14.9. The number of fused-ring (bicyclic) bond motifs is 1. The Labute approximate surface area is 144 Å². The monoisotopic (exact) mass is 343 g/mol. The van der Waals surface area contributed by atoms with Crippen LogP contribution in [0.5, 0.6) is 0 Å². The summed E-state index contributed by atoms with van der Waals surface area (Å²) in [5.74, 6) is 1.08. The van der Waals surface area contributed by atoms with Gasteiger partial charge in [0.1, 0.15) is 17.0 Å². The molecule has 1 saturated heterocycles. The van der Waals surface area contributed by atoms with E-state index < -0.39 is 0 Å². The second-order valence-corrected chi connectivity index (χ2v) is 7.37. The lowest BCUT2D eigenvalue weighted by Crippen LogP contribution is -2.38. The van der Waals surface area contributed by atoms with Crippen molar-refractivity contribution in [2.75, 3.05) is 11.4 Å². The van der Waals surface area contributed by atoms with E-state index in [0.717, 1.165) is 22.2 Å². The maximum absolute atomic E-state index is 6.03. The molecule has 1 aromatic carbocycles. The van der Waals surface area contributed by atoms with Crippen LogP contribution in [-0.4, -0.2) is 22.6 Å². The van der Waals surface area contributed by atoms with Crippen LogP contribution in [-0.2, 0) is 0 Å². The van der Waals surface area contributed by atoms with Gasteiger partial charge >= 0.3 is 0 Å². The number of hydrogen-bond donors (Lipinski definition) is 0. The highest BCUT2D eigenvalue weighted by molar-refractivity contribution is 7.17. The molecule has 0 bridgehead atoms. The number of thiophene rings is 1. The van der Waals surface area contributed by atoms with Gasteiger partial charge in [0, 0.05) is 28.6 Å². The molecule has 1 aliphatic heterocycles. The van der Waals surface area contributed by atoms with E-state index in [1.54, 1.807) is 17.7 Å². The average molecular weight is 344 g/mol. The van der Waals surface area contributed by atoms with Gasteiger partial charge in [0.15, 0.2) is 0 Å². The predicted octanol–water partition coefficient (Wildman–Crippen LogP) is 5.39. The van der Waals surface area contributed by atoms with Gasteiger partial charge in [-0.25, -0.2) is 9.97 Å². The second-order valence-electron chi connectivity index (χ2n) is 6.07. The van der Waals surface area contributed by atoms with E-state index in [9.17, 15) is 0 Å². The quantitative estimate of drug-likeness (QED) is 0.624. The molecule has 0 amide bonds. The Morgan fingerprint density at radius 2 is 2.00 bits per heavy atom. The highest BCUT2D eigenvalue weighted by atomic mass is 35.5. The number of rotatable bonds is 2. The zero-order valence-electron chi connectivity index (χ0n) is 13.0. The molecule has 3 nitrogen and oxygen atoms in total. The fourth-order valence-electron chi connectivity index (χ4n) is 3.33. The van der Waals surface area contributed by atoms with Crippen molar-refractivity contribution in [2.45, 2.75) is 32.2 Å². The van der Waals surface area contributed by atoms with Gasteiger partial charge in [0.25, 0.3) is 0 Å². The van der Waals surface area contributed by atoms with Crippen LogP contribution in [0.2, 0.25) is 5.02 Å². The molecule has 118 valence electrons. The SMILES string of the molecule is CC1CCCCN1c1ncnc2scc(-c3ccc(Cl)cc3)c12. The van der Waals surface area contributed by atoms with Crippen LogP contribution >= 0.6 is 22.9 Å². The molecule has 0 aliphatic carbocycles. The van der Waals surface area contributed by atoms with Gasteiger partial charge in [0.05, 0.1) is 5.39 Å². The molecule has 0 N–H and O–H groups in total. The molecule has 23 heavy (non-hydrogen) atoms. The summed E-state index contributed by atoms with van der Waals surface area (Å²) in [4.78, 5) is 12.6. The van der Waals surface area contributed by atoms with Crippen LogP contribution < -0.4 is 4.90 Å². The van der Waals surface area contributed by atoms with Crippen LogP contribution in [0, 0.1) is 0 Å². The average Bonchev–Trinajstić information content (AvgIpc) is 3.00. The summed E-state index contributed by atoms with van der Waals surface area (Å²) in [6, 6.07) is 8.54. The lowest BCUT2D eigenvalue weighted by atomic mass is 10.0. The Balaban J connectivity index is 1.88. The van der Waals surface area contributed by atoms with Gasteiger partial charge in [-0.15, -0.1) is 11.3 Å². The van der Waals surface area contributed by atoms with Gasteiger partial charge in [-0.3, -0.25) is 0 Å². The lowest BCUT2D eigenvalue weighted by Gasteiger charge is -2.34.